The summed E-state index contributed by atoms with van der Waals surface area (Å²) in [5.74, 6) is 0.634. The third-order valence-electron chi connectivity index (χ3n) is 3.03. The summed E-state index contributed by atoms with van der Waals surface area (Å²) in [7, 11) is 0. The van der Waals surface area contributed by atoms with Crippen molar-refractivity contribution >= 4 is 21.7 Å². The zero-order chi connectivity index (χ0) is 11.8. The first-order valence-corrected chi connectivity index (χ1v) is 6.38. The summed E-state index contributed by atoms with van der Waals surface area (Å²) < 4.78 is 3.02. The van der Waals surface area contributed by atoms with Crippen molar-refractivity contribution in [2.24, 2.45) is 0 Å². The first-order chi connectivity index (χ1) is 8.25. The van der Waals surface area contributed by atoms with Gasteiger partial charge >= 0.3 is 0 Å². The Morgan fingerprint density at radius 2 is 2.06 bits per heavy atom. The molecule has 0 aliphatic carbocycles. The highest BCUT2D eigenvalue weighted by atomic mass is 79.9. The molecule has 0 spiro atoms. The van der Waals surface area contributed by atoms with Gasteiger partial charge in [0.1, 0.15) is 0 Å². The molecule has 0 atom stereocenters. The second-order valence-corrected chi connectivity index (χ2v) is 5.04. The quantitative estimate of drug-likeness (QED) is 0.844. The van der Waals surface area contributed by atoms with Gasteiger partial charge in [0.25, 0.3) is 0 Å². The molecule has 0 unspecified atom stereocenters. The van der Waals surface area contributed by atoms with Crippen LogP contribution in [0.25, 0.3) is 5.69 Å². The fourth-order valence-electron chi connectivity index (χ4n) is 2.17. The first kappa shape index (κ1) is 10.8. The van der Waals surface area contributed by atoms with E-state index in [1.54, 1.807) is 0 Å². The van der Waals surface area contributed by atoms with Crippen LogP contribution in [0.15, 0.2) is 28.7 Å². The summed E-state index contributed by atoms with van der Waals surface area (Å²) in [6.07, 6.45) is 0.968. The van der Waals surface area contributed by atoms with Crippen LogP contribution >= 0.6 is 15.9 Å². The number of rotatable bonds is 1. The van der Waals surface area contributed by atoms with E-state index in [0.29, 0.717) is 5.82 Å². The van der Waals surface area contributed by atoms with Crippen molar-refractivity contribution in [2.75, 3.05) is 12.3 Å². The first-order valence-electron chi connectivity index (χ1n) is 5.58. The molecule has 1 aromatic heterocycles. The molecule has 1 aliphatic rings. The van der Waals surface area contributed by atoms with Crippen LogP contribution in [0.1, 0.15) is 11.3 Å². The van der Waals surface area contributed by atoms with Gasteiger partial charge in [0.15, 0.2) is 5.82 Å². The number of nitrogens with one attached hydrogen (secondary N) is 1. The molecule has 0 amide bonds. The number of nitrogen functional groups attached to an aromatic ring is 1. The largest absolute Gasteiger partial charge is 0.382 e. The second-order valence-electron chi connectivity index (χ2n) is 4.13. The number of aromatic nitrogens is 2. The fourth-order valence-corrected chi connectivity index (χ4v) is 2.43. The Balaban J connectivity index is 2.11. The van der Waals surface area contributed by atoms with Gasteiger partial charge in [-0.2, -0.15) is 5.10 Å². The number of hydrogen-bond donors (Lipinski definition) is 2. The molecule has 4 nitrogen and oxygen atoms in total. The minimum absolute atomic E-state index is 0.634. The maximum atomic E-state index is 5.95. The lowest BCUT2D eigenvalue weighted by atomic mass is 10.1. The molecule has 3 rings (SSSR count). The van der Waals surface area contributed by atoms with Crippen LogP contribution in [-0.4, -0.2) is 16.3 Å². The van der Waals surface area contributed by atoms with Gasteiger partial charge < -0.3 is 11.1 Å². The van der Waals surface area contributed by atoms with E-state index in [4.69, 9.17) is 5.73 Å². The summed E-state index contributed by atoms with van der Waals surface area (Å²) in [6, 6.07) is 8.11. The Hall–Kier alpha value is -1.33. The zero-order valence-corrected chi connectivity index (χ0v) is 10.9. The van der Waals surface area contributed by atoms with E-state index in [0.717, 1.165) is 35.2 Å². The number of benzene rings is 1. The van der Waals surface area contributed by atoms with Crippen LogP contribution in [0.2, 0.25) is 0 Å². The molecule has 5 heteroatoms. The zero-order valence-electron chi connectivity index (χ0n) is 9.28. The Morgan fingerprint density at radius 3 is 2.82 bits per heavy atom. The van der Waals surface area contributed by atoms with E-state index in [2.05, 4.69) is 26.3 Å². The standard InChI is InChI=1S/C12H13BrN4/c13-8-1-3-9(4-2-8)17-11-5-6-15-7-10(11)12(14)16-17/h1-4,15H,5-7H2,(H2,14,16). The van der Waals surface area contributed by atoms with E-state index >= 15 is 0 Å². The van der Waals surface area contributed by atoms with Crippen molar-refractivity contribution in [3.63, 3.8) is 0 Å². The smallest absolute Gasteiger partial charge is 0.150 e. The van der Waals surface area contributed by atoms with Gasteiger partial charge in [0.2, 0.25) is 0 Å². The summed E-state index contributed by atoms with van der Waals surface area (Å²) in [5.41, 5.74) is 9.37. The Morgan fingerprint density at radius 1 is 1.29 bits per heavy atom. The van der Waals surface area contributed by atoms with E-state index in [1.165, 1.54) is 5.69 Å². The molecule has 3 N–H and O–H groups in total. The van der Waals surface area contributed by atoms with Gasteiger partial charge in [0.05, 0.1) is 11.4 Å². The van der Waals surface area contributed by atoms with Crippen LogP contribution in [0, 0.1) is 0 Å². The molecule has 2 aromatic rings. The van der Waals surface area contributed by atoms with E-state index in [-0.39, 0.29) is 0 Å². The molecular weight excluding hydrogens is 280 g/mol. The van der Waals surface area contributed by atoms with Crippen molar-refractivity contribution in [2.45, 2.75) is 13.0 Å². The SMILES string of the molecule is Nc1nn(-c2ccc(Br)cc2)c2c1CNCC2. The van der Waals surface area contributed by atoms with Gasteiger partial charge in [-0.15, -0.1) is 0 Å². The minimum Gasteiger partial charge on any atom is -0.382 e. The van der Waals surface area contributed by atoms with Crippen molar-refractivity contribution in [3.8, 4) is 5.69 Å². The molecule has 2 heterocycles. The molecule has 0 saturated carbocycles. The van der Waals surface area contributed by atoms with Crippen molar-refractivity contribution in [3.05, 3.63) is 40.0 Å². The molecule has 17 heavy (non-hydrogen) atoms. The molecule has 0 radical (unpaired) electrons. The third kappa shape index (κ3) is 1.85. The number of nitrogens with two attached hydrogens (primary N) is 1. The van der Waals surface area contributed by atoms with Crippen molar-refractivity contribution in [1.29, 1.82) is 0 Å². The summed E-state index contributed by atoms with van der Waals surface area (Å²) in [5, 5.41) is 7.75. The monoisotopic (exact) mass is 292 g/mol. The molecule has 0 bridgehead atoms. The fraction of sp³-hybridized carbons (Fsp3) is 0.250. The minimum atomic E-state index is 0.634. The highest BCUT2D eigenvalue weighted by molar-refractivity contribution is 9.10. The van der Waals surface area contributed by atoms with Gasteiger partial charge in [-0.05, 0) is 24.3 Å². The predicted octanol–water partition coefficient (Wildman–Crippen LogP) is 1.86. The molecule has 1 aliphatic heterocycles. The summed E-state index contributed by atoms with van der Waals surface area (Å²) in [6.45, 7) is 1.80. The van der Waals surface area contributed by atoms with Crippen LogP contribution < -0.4 is 11.1 Å². The predicted molar refractivity (Wildman–Crippen MR) is 71.1 cm³/mol. The van der Waals surface area contributed by atoms with Crippen LogP contribution in [0.4, 0.5) is 5.82 Å². The molecular formula is C12H13BrN4. The lowest BCUT2D eigenvalue weighted by Crippen LogP contribution is -2.24. The van der Waals surface area contributed by atoms with E-state index < -0.39 is 0 Å². The van der Waals surface area contributed by atoms with Gasteiger partial charge in [-0.3, -0.25) is 0 Å². The van der Waals surface area contributed by atoms with Gasteiger partial charge in [-0.25, -0.2) is 4.68 Å². The summed E-state index contributed by atoms with van der Waals surface area (Å²) in [4.78, 5) is 0. The maximum Gasteiger partial charge on any atom is 0.150 e. The average molecular weight is 293 g/mol. The Labute approximate surface area is 108 Å². The van der Waals surface area contributed by atoms with E-state index in [1.807, 2.05) is 28.9 Å². The van der Waals surface area contributed by atoms with Crippen molar-refractivity contribution < 1.29 is 0 Å². The van der Waals surface area contributed by atoms with Crippen LogP contribution in [0.5, 0.6) is 0 Å². The normalized spacial score (nSPS) is 14.6. The number of anilines is 1. The number of hydrogen-bond acceptors (Lipinski definition) is 3. The number of halogens is 1. The number of fused-ring (bicyclic) bond motifs is 1. The Kier molecular flexibility index (Phi) is 2.64. The van der Waals surface area contributed by atoms with Gasteiger partial charge in [0, 0.05) is 29.5 Å². The molecule has 0 fully saturated rings. The topological polar surface area (TPSA) is 55.9 Å². The van der Waals surface area contributed by atoms with Crippen LogP contribution in [0.3, 0.4) is 0 Å². The number of nitrogens with zero attached hydrogens (tertiary/aromatic N) is 2. The summed E-state index contributed by atoms with van der Waals surface area (Å²) >= 11 is 3.43. The van der Waals surface area contributed by atoms with E-state index in [9.17, 15) is 0 Å². The lowest BCUT2D eigenvalue weighted by molar-refractivity contribution is 0.623. The highest BCUT2D eigenvalue weighted by Crippen LogP contribution is 2.24. The van der Waals surface area contributed by atoms with Crippen LogP contribution in [-0.2, 0) is 13.0 Å². The van der Waals surface area contributed by atoms with Crippen molar-refractivity contribution in [1.82, 2.24) is 15.1 Å². The second kappa shape index (κ2) is 4.16. The lowest BCUT2D eigenvalue weighted by Gasteiger charge is -2.15. The molecule has 88 valence electrons. The van der Waals surface area contributed by atoms with Gasteiger partial charge in [-0.1, -0.05) is 15.9 Å². The highest BCUT2D eigenvalue weighted by Gasteiger charge is 2.19. The Bertz CT molecular complexity index is 544. The molecule has 0 saturated heterocycles. The molecule has 1 aromatic carbocycles. The maximum absolute atomic E-state index is 5.95. The third-order valence-corrected chi connectivity index (χ3v) is 3.56. The average Bonchev–Trinajstić information content (AvgIpc) is 2.69.